The molecule has 2 fully saturated rings. The van der Waals surface area contributed by atoms with Crippen LogP contribution in [0.4, 0.5) is 13.2 Å². The van der Waals surface area contributed by atoms with E-state index in [0.717, 1.165) is 29.5 Å². The monoisotopic (exact) mass is 605 g/mol. The van der Waals surface area contributed by atoms with E-state index in [1.54, 1.807) is 50.9 Å². The van der Waals surface area contributed by atoms with Crippen LogP contribution in [0, 0.1) is 11.3 Å². The highest BCUT2D eigenvalue weighted by Crippen LogP contribution is 2.35. The summed E-state index contributed by atoms with van der Waals surface area (Å²) in [5, 5.41) is 18.7. The molecule has 2 aliphatic heterocycles. The van der Waals surface area contributed by atoms with Crippen LogP contribution in [0.5, 0.6) is 0 Å². The second kappa shape index (κ2) is 11.8. The van der Waals surface area contributed by atoms with Crippen molar-refractivity contribution in [3.8, 4) is 28.5 Å². The average molecular weight is 606 g/mol. The number of aromatic nitrogens is 5. The highest BCUT2D eigenvalue weighted by Gasteiger charge is 2.47. The van der Waals surface area contributed by atoms with Gasteiger partial charge < -0.3 is 9.64 Å². The van der Waals surface area contributed by atoms with E-state index in [2.05, 4.69) is 21.3 Å². The Morgan fingerprint density at radius 3 is 2.66 bits per heavy atom. The summed E-state index contributed by atoms with van der Waals surface area (Å²) in [4.78, 5) is 31.1. The maximum absolute atomic E-state index is 12.7. The fraction of sp³-hybridized carbons (Fsp3) is 0.419. The van der Waals surface area contributed by atoms with Crippen LogP contribution in [0.25, 0.3) is 28.0 Å². The molecule has 4 aromatic rings. The van der Waals surface area contributed by atoms with Crippen molar-refractivity contribution in [3.05, 3.63) is 60.7 Å². The minimum Gasteiger partial charge on any atom is -0.378 e. The lowest BCUT2D eigenvalue weighted by molar-refractivity contribution is -0.144. The number of Topliss-reactive ketones (excluding diaryl/α,β-unsaturated/α-hetero) is 1. The summed E-state index contributed by atoms with van der Waals surface area (Å²) in [7, 11) is 0. The molecular weight excluding hydrogens is 575 g/mol. The lowest BCUT2D eigenvalue weighted by Gasteiger charge is -2.49. The number of rotatable bonds is 10. The number of likely N-dealkylation sites (tertiary alicyclic amines) is 1. The number of amides is 1. The molecule has 2 saturated heterocycles. The highest BCUT2D eigenvalue weighted by atomic mass is 19.4. The van der Waals surface area contributed by atoms with Crippen molar-refractivity contribution in [1.82, 2.24) is 29.3 Å². The van der Waals surface area contributed by atoms with Crippen LogP contribution >= 0.6 is 0 Å². The van der Waals surface area contributed by atoms with Gasteiger partial charge in [0.2, 0.25) is 5.91 Å². The van der Waals surface area contributed by atoms with Gasteiger partial charge in [-0.15, -0.1) is 0 Å². The molecule has 228 valence electrons. The van der Waals surface area contributed by atoms with E-state index in [1.165, 1.54) is 0 Å². The summed E-state index contributed by atoms with van der Waals surface area (Å²) in [5.41, 5.74) is 3.53. The van der Waals surface area contributed by atoms with Crippen LogP contribution < -0.4 is 0 Å². The van der Waals surface area contributed by atoms with Gasteiger partial charge in [0.1, 0.15) is 11.3 Å². The molecule has 0 saturated carbocycles. The van der Waals surface area contributed by atoms with E-state index in [9.17, 15) is 28.0 Å². The quantitative estimate of drug-likeness (QED) is 0.256. The fourth-order valence-electron chi connectivity index (χ4n) is 5.85. The number of nitriles is 1. The molecule has 2 aliphatic rings. The number of ether oxygens (including phenoxy) is 1. The first-order valence-electron chi connectivity index (χ1n) is 14.5. The second-order valence-corrected chi connectivity index (χ2v) is 11.5. The van der Waals surface area contributed by atoms with Gasteiger partial charge in [-0.25, -0.2) is 9.50 Å². The average Bonchev–Trinajstić information content (AvgIpc) is 3.74. The number of alkyl halides is 3. The zero-order valence-corrected chi connectivity index (χ0v) is 23.8. The Morgan fingerprint density at radius 1 is 1.09 bits per heavy atom. The molecule has 0 N–H and O–H groups in total. The molecule has 1 amide bonds. The van der Waals surface area contributed by atoms with Crippen LogP contribution in [0.2, 0.25) is 0 Å². The van der Waals surface area contributed by atoms with Crippen molar-refractivity contribution in [2.75, 3.05) is 19.7 Å². The number of halogens is 3. The molecule has 5 heterocycles. The summed E-state index contributed by atoms with van der Waals surface area (Å²) < 4.78 is 46.5. The maximum Gasteiger partial charge on any atom is 0.389 e. The third-order valence-corrected chi connectivity index (χ3v) is 8.23. The van der Waals surface area contributed by atoms with Gasteiger partial charge in [-0.1, -0.05) is 18.2 Å². The van der Waals surface area contributed by atoms with Gasteiger partial charge in [0.15, 0.2) is 5.65 Å². The molecule has 1 unspecified atom stereocenters. The Morgan fingerprint density at radius 2 is 1.91 bits per heavy atom. The Balaban J connectivity index is 1.16. The van der Waals surface area contributed by atoms with Gasteiger partial charge in [-0.2, -0.15) is 28.6 Å². The lowest BCUT2D eigenvalue weighted by atomic mass is 9.86. The van der Waals surface area contributed by atoms with Crippen molar-refractivity contribution in [2.45, 2.75) is 62.8 Å². The van der Waals surface area contributed by atoms with Gasteiger partial charge in [-0.3, -0.25) is 14.3 Å². The fourth-order valence-corrected chi connectivity index (χ4v) is 5.85. The minimum atomic E-state index is -4.36. The Labute approximate surface area is 251 Å². The highest BCUT2D eigenvalue weighted by molar-refractivity contribution is 5.81. The van der Waals surface area contributed by atoms with Crippen molar-refractivity contribution < 1.29 is 27.5 Å². The van der Waals surface area contributed by atoms with E-state index < -0.39 is 30.3 Å². The number of carbonyl (C=O) groups excluding carboxylic acids is 2. The van der Waals surface area contributed by atoms with E-state index >= 15 is 0 Å². The van der Waals surface area contributed by atoms with Crippen molar-refractivity contribution in [2.24, 2.45) is 0 Å². The van der Waals surface area contributed by atoms with E-state index in [0.29, 0.717) is 43.0 Å². The zero-order valence-electron chi connectivity index (χ0n) is 23.8. The summed E-state index contributed by atoms with van der Waals surface area (Å²) in [6, 6.07) is 11.2. The first-order valence-corrected chi connectivity index (χ1v) is 14.5. The largest absolute Gasteiger partial charge is 0.389 e. The van der Waals surface area contributed by atoms with Crippen LogP contribution in [0.1, 0.15) is 44.1 Å². The Hall–Kier alpha value is -4.57. The summed E-state index contributed by atoms with van der Waals surface area (Å²) >= 11 is 0. The van der Waals surface area contributed by atoms with Gasteiger partial charge in [0, 0.05) is 55.4 Å². The maximum atomic E-state index is 12.7. The van der Waals surface area contributed by atoms with Gasteiger partial charge >= 0.3 is 6.18 Å². The molecule has 13 heteroatoms. The number of ketones is 1. The Kier molecular flexibility index (Phi) is 7.94. The molecule has 0 bridgehead atoms. The van der Waals surface area contributed by atoms with Crippen molar-refractivity contribution in [1.29, 1.82) is 5.26 Å². The topological polar surface area (TPSA) is 118 Å². The number of carbonyl (C=O) groups is 2. The smallest absolute Gasteiger partial charge is 0.378 e. The number of hydrogen-bond acceptors (Lipinski definition) is 7. The summed E-state index contributed by atoms with van der Waals surface area (Å²) in [5.74, 6) is -0.446. The third kappa shape index (κ3) is 6.21. The van der Waals surface area contributed by atoms with Crippen LogP contribution in [0.15, 0.2) is 55.1 Å². The number of imidazole rings is 1. The van der Waals surface area contributed by atoms with E-state index in [1.807, 2.05) is 18.3 Å². The summed E-state index contributed by atoms with van der Waals surface area (Å²) in [6.07, 6.45) is 3.17. The predicted octanol–water partition coefficient (Wildman–Crippen LogP) is 4.73. The predicted molar refractivity (Wildman–Crippen MR) is 152 cm³/mol. The van der Waals surface area contributed by atoms with Gasteiger partial charge in [0.05, 0.1) is 55.7 Å². The van der Waals surface area contributed by atoms with E-state index in [4.69, 9.17) is 4.74 Å². The normalized spacial score (nSPS) is 17.9. The second-order valence-electron chi connectivity index (χ2n) is 11.5. The number of hydrogen-bond donors (Lipinski definition) is 0. The number of fused-ring (bicyclic) bond motifs is 1. The molecular formula is C31H30F3N7O3. The molecule has 0 aliphatic carbocycles. The molecule has 1 atom stereocenters. The molecule has 1 aromatic carbocycles. The standard InChI is InChI=1S/C31H30F3N7O3/c32-31(33,34)7-6-25(42)12-21-3-1-4-22(11-21)27-17-36-28-13-23(15-38-41(27)28)24-16-37-40(18-24)30(8-9-35)19-39(20-30)29(43)14-26-5-2-10-44-26/h1,3-4,11,13,15-18,26H,2,5-8,10,12,14,19-20H2. The van der Waals surface area contributed by atoms with E-state index in [-0.39, 0.29) is 24.9 Å². The Bertz CT molecular complexity index is 1730. The zero-order chi connectivity index (χ0) is 30.9. The van der Waals surface area contributed by atoms with Gasteiger partial charge in [-0.05, 0) is 30.5 Å². The lowest BCUT2D eigenvalue weighted by Crippen LogP contribution is -2.64. The van der Waals surface area contributed by atoms with Crippen molar-refractivity contribution in [3.63, 3.8) is 0 Å². The van der Waals surface area contributed by atoms with Crippen molar-refractivity contribution >= 4 is 17.3 Å². The molecule has 3 aromatic heterocycles. The molecule has 0 spiro atoms. The minimum absolute atomic E-state index is 0.0276. The first-order chi connectivity index (χ1) is 21.1. The van der Waals surface area contributed by atoms with Crippen LogP contribution in [-0.2, 0) is 26.3 Å². The first kappa shape index (κ1) is 29.5. The molecule has 6 rings (SSSR count). The van der Waals surface area contributed by atoms with Crippen LogP contribution in [0.3, 0.4) is 0 Å². The summed E-state index contributed by atoms with van der Waals surface area (Å²) in [6.45, 7) is 1.50. The molecule has 10 nitrogen and oxygen atoms in total. The number of nitrogens with zero attached hydrogens (tertiary/aromatic N) is 7. The molecule has 44 heavy (non-hydrogen) atoms. The SMILES string of the molecule is N#CCC1(n2cc(-c3cnn4c(-c5cccc(CC(=O)CCC(F)(F)F)c5)cnc4c3)cn2)CN(C(=O)CC2CCCO2)C1. The number of benzene rings is 1. The van der Waals surface area contributed by atoms with Gasteiger partial charge in [0.25, 0.3) is 0 Å². The van der Waals surface area contributed by atoms with Crippen LogP contribution in [-0.4, -0.2) is 72.9 Å². The molecule has 0 radical (unpaired) electrons. The third-order valence-electron chi connectivity index (χ3n) is 8.23.